The summed E-state index contributed by atoms with van der Waals surface area (Å²) in [6.07, 6.45) is 0.881. The molecule has 36 heavy (non-hydrogen) atoms. The van der Waals surface area contributed by atoms with E-state index in [1.165, 1.54) is 0 Å². The molecule has 7 nitrogen and oxygen atoms in total. The molecule has 2 unspecified atom stereocenters. The summed E-state index contributed by atoms with van der Waals surface area (Å²) in [5.74, 6) is -0.580. The number of amides is 3. The average Bonchev–Trinajstić information content (AvgIpc) is 3.61. The number of carbonyl (C=O) groups is 3. The van der Waals surface area contributed by atoms with Crippen LogP contribution in [0.3, 0.4) is 0 Å². The van der Waals surface area contributed by atoms with Gasteiger partial charge in [-0.3, -0.25) is 9.59 Å². The molecule has 0 aromatic heterocycles. The number of nitrogens with one attached hydrogen (secondary N) is 2. The van der Waals surface area contributed by atoms with E-state index in [2.05, 4.69) is 23.3 Å². The molecule has 0 saturated heterocycles. The fraction of sp³-hybridized carbons (Fsp3) is 0.464. The molecule has 0 bridgehead atoms. The van der Waals surface area contributed by atoms with Gasteiger partial charge in [0.25, 0.3) is 5.91 Å². The Morgan fingerprint density at radius 2 is 1.58 bits per heavy atom. The maximum absolute atomic E-state index is 13.9. The number of ether oxygens (including phenoxy) is 1. The zero-order valence-electron chi connectivity index (χ0n) is 21.9. The quantitative estimate of drug-likeness (QED) is 0.430. The van der Waals surface area contributed by atoms with Crippen molar-refractivity contribution in [3.05, 3.63) is 64.7 Å². The molecular formula is C28H37N3O4S. The second kappa shape index (κ2) is 11.4. The number of hydrogen-bond acceptors (Lipinski definition) is 5. The zero-order valence-corrected chi connectivity index (χ0v) is 22.8. The summed E-state index contributed by atoms with van der Waals surface area (Å²) < 4.78 is 5.37. The molecule has 1 aliphatic rings. The number of anilines is 1. The Labute approximate surface area is 219 Å². The van der Waals surface area contributed by atoms with E-state index in [1.807, 2.05) is 63.2 Å². The van der Waals surface area contributed by atoms with Gasteiger partial charge in [-0.15, -0.1) is 0 Å². The minimum Gasteiger partial charge on any atom is -0.444 e. The minimum atomic E-state index is -0.943. The largest absolute Gasteiger partial charge is 0.444 e. The van der Waals surface area contributed by atoms with Crippen molar-refractivity contribution < 1.29 is 19.1 Å². The normalized spacial score (nSPS) is 15.0. The van der Waals surface area contributed by atoms with Crippen molar-refractivity contribution in [1.29, 1.82) is 0 Å². The fourth-order valence-corrected chi connectivity index (χ4v) is 4.50. The number of hydrogen-bond donors (Lipinski definition) is 3. The first kappa shape index (κ1) is 27.6. The summed E-state index contributed by atoms with van der Waals surface area (Å²) in [5, 5.41) is 5.71. The Balaban J connectivity index is 2.01. The molecule has 0 heterocycles. The average molecular weight is 512 g/mol. The summed E-state index contributed by atoms with van der Waals surface area (Å²) in [4.78, 5) is 42.0. The number of thiol groups is 1. The standard InChI is InChI=1S/C28H37N3O4S/c1-17-10-7-8-13-21(17)29-25(32)24(23-18(2)11-9-12-19(23)3)31(20-14-15-20)26(33)22(16-36)30-27(34)35-28(4,5)6/h7-13,20,22,24,36H,14-16H2,1-6H3,(H,29,32)(H,30,34). The van der Waals surface area contributed by atoms with Gasteiger partial charge in [0.2, 0.25) is 5.91 Å². The Hall–Kier alpha value is -3.00. The fourth-order valence-electron chi connectivity index (χ4n) is 4.26. The lowest BCUT2D eigenvalue weighted by atomic mass is 9.93. The molecule has 1 saturated carbocycles. The Morgan fingerprint density at radius 3 is 2.11 bits per heavy atom. The number of aryl methyl sites for hydroxylation is 3. The van der Waals surface area contributed by atoms with Crippen molar-refractivity contribution in [2.24, 2.45) is 0 Å². The van der Waals surface area contributed by atoms with E-state index < -0.39 is 23.8 Å². The third-order valence-corrected chi connectivity index (χ3v) is 6.48. The lowest BCUT2D eigenvalue weighted by Gasteiger charge is -2.35. The highest BCUT2D eigenvalue weighted by Crippen LogP contribution is 2.38. The van der Waals surface area contributed by atoms with Crippen LogP contribution in [0.2, 0.25) is 0 Å². The summed E-state index contributed by atoms with van der Waals surface area (Å²) in [7, 11) is 0. The van der Waals surface area contributed by atoms with Gasteiger partial charge in [-0.05, 0) is 82.7 Å². The highest BCUT2D eigenvalue weighted by Gasteiger charge is 2.44. The Kier molecular flexibility index (Phi) is 8.71. The van der Waals surface area contributed by atoms with Crippen molar-refractivity contribution >= 4 is 36.2 Å². The van der Waals surface area contributed by atoms with Gasteiger partial charge in [0.15, 0.2) is 0 Å². The second-order valence-electron chi connectivity index (χ2n) is 10.4. The molecule has 2 N–H and O–H groups in total. The van der Waals surface area contributed by atoms with Gasteiger partial charge in [0.1, 0.15) is 17.7 Å². The topological polar surface area (TPSA) is 87.7 Å². The van der Waals surface area contributed by atoms with Crippen molar-refractivity contribution in [3.63, 3.8) is 0 Å². The zero-order chi connectivity index (χ0) is 26.6. The number of alkyl carbamates (subject to hydrolysis) is 1. The maximum atomic E-state index is 13.9. The van der Waals surface area contributed by atoms with Crippen LogP contribution >= 0.6 is 12.6 Å². The lowest BCUT2D eigenvalue weighted by Crippen LogP contribution is -2.54. The molecule has 8 heteroatoms. The van der Waals surface area contributed by atoms with Gasteiger partial charge < -0.3 is 20.3 Å². The van der Waals surface area contributed by atoms with E-state index in [0.29, 0.717) is 5.69 Å². The molecule has 3 rings (SSSR count). The summed E-state index contributed by atoms with van der Waals surface area (Å²) in [5.41, 5.74) is 3.54. The van der Waals surface area contributed by atoms with Gasteiger partial charge in [-0.2, -0.15) is 12.6 Å². The van der Waals surface area contributed by atoms with Crippen molar-refractivity contribution in [2.75, 3.05) is 11.1 Å². The van der Waals surface area contributed by atoms with Crippen LogP contribution in [-0.2, 0) is 14.3 Å². The summed E-state index contributed by atoms with van der Waals surface area (Å²) in [6.45, 7) is 11.1. The first-order valence-corrected chi connectivity index (χ1v) is 12.9. The number of benzene rings is 2. The van der Waals surface area contributed by atoms with Crippen LogP contribution in [0.5, 0.6) is 0 Å². The molecule has 1 fully saturated rings. The molecule has 2 atom stereocenters. The van der Waals surface area contributed by atoms with Gasteiger partial charge in [-0.1, -0.05) is 36.4 Å². The number of carbonyl (C=O) groups excluding carboxylic acids is 3. The molecule has 194 valence electrons. The van der Waals surface area contributed by atoms with Crippen LogP contribution in [0.25, 0.3) is 0 Å². The third-order valence-electron chi connectivity index (χ3n) is 6.11. The molecule has 1 aliphatic carbocycles. The van der Waals surface area contributed by atoms with Gasteiger partial charge >= 0.3 is 6.09 Å². The maximum Gasteiger partial charge on any atom is 0.408 e. The Morgan fingerprint density at radius 1 is 1.00 bits per heavy atom. The molecule has 2 aromatic rings. The monoisotopic (exact) mass is 511 g/mol. The number of para-hydroxylation sites is 1. The van der Waals surface area contributed by atoms with E-state index in [1.54, 1.807) is 25.7 Å². The molecular weight excluding hydrogens is 474 g/mol. The molecule has 0 radical (unpaired) electrons. The first-order valence-electron chi connectivity index (χ1n) is 12.3. The van der Waals surface area contributed by atoms with Crippen LogP contribution in [0, 0.1) is 20.8 Å². The minimum absolute atomic E-state index is 0.0696. The van der Waals surface area contributed by atoms with Crippen LogP contribution in [0.4, 0.5) is 10.5 Å². The second-order valence-corrected chi connectivity index (χ2v) is 10.7. The van der Waals surface area contributed by atoms with E-state index in [4.69, 9.17) is 4.74 Å². The predicted molar refractivity (Wildman–Crippen MR) is 145 cm³/mol. The highest BCUT2D eigenvalue weighted by atomic mass is 32.1. The number of nitrogens with zero attached hydrogens (tertiary/aromatic N) is 1. The van der Waals surface area contributed by atoms with E-state index in [-0.39, 0.29) is 23.6 Å². The smallest absolute Gasteiger partial charge is 0.408 e. The first-order chi connectivity index (χ1) is 16.9. The van der Waals surface area contributed by atoms with Gasteiger partial charge in [0.05, 0.1) is 0 Å². The Bertz CT molecular complexity index is 1100. The summed E-state index contributed by atoms with van der Waals surface area (Å²) in [6, 6.07) is 11.5. The van der Waals surface area contributed by atoms with Crippen LogP contribution < -0.4 is 10.6 Å². The lowest BCUT2D eigenvalue weighted by molar-refractivity contribution is -0.141. The van der Waals surface area contributed by atoms with Crippen molar-refractivity contribution in [3.8, 4) is 0 Å². The van der Waals surface area contributed by atoms with Crippen molar-refractivity contribution in [2.45, 2.75) is 78.1 Å². The van der Waals surface area contributed by atoms with E-state index >= 15 is 0 Å². The van der Waals surface area contributed by atoms with Crippen molar-refractivity contribution in [1.82, 2.24) is 10.2 Å². The SMILES string of the molecule is Cc1ccccc1NC(=O)C(c1c(C)cccc1C)N(C(=O)C(CS)NC(=O)OC(C)(C)C)C1CC1. The van der Waals surface area contributed by atoms with Crippen LogP contribution in [-0.4, -0.2) is 46.2 Å². The van der Waals surface area contributed by atoms with Gasteiger partial charge in [-0.25, -0.2) is 4.79 Å². The molecule has 3 amide bonds. The highest BCUT2D eigenvalue weighted by molar-refractivity contribution is 7.80. The van der Waals surface area contributed by atoms with Gasteiger partial charge in [0, 0.05) is 17.5 Å². The van der Waals surface area contributed by atoms with E-state index in [9.17, 15) is 14.4 Å². The predicted octanol–water partition coefficient (Wildman–Crippen LogP) is 5.11. The van der Waals surface area contributed by atoms with Crippen LogP contribution in [0.15, 0.2) is 42.5 Å². The number of rotatable bonds is 8. The summed E-state index contributed by atoms with van der Waals surface area (Å²) >= 11 is 4.35. The van der Waals surface area contributed by atoms with Crippen LogP contribution in [0.1, 0.15) is 61.9 Å². The molecule has 2 aromatic carbocycles. The molecule has 0 spiro atoms. The molecule has 0 aliphatic heterocycles. The third kappa shape index (κ3) is 6.81. The van der Waals surface area contributed by atoms with E-state index in [0.717, 1.165) is 35.1 Å².